The van der Waals surface area contributed by atoms with E-state index in [2.05, 4.69) is 29.4 Å². The fourth-order valence-corrected chi connectivity index (χ4v) is 8.53. The van der Waals surface area contributed by atoms with Crippen LogP contribution in [0.4, 0.5) is 0 Å². The Morgan fingerprint density at radius 2 is 1.71 bits per heavy atom. The van der Waals surface area contributed by atoms with Crippen LogP contribution in [0.5, 0.6) is 0 Å². The largest absolute Gasteiger partial charge is 0.481 e. The number of carboxylic acid groups (broad SMARTS) is 1. The highest BCUT2D eigenvalue weighted by molar-refractivity contribution is 7.09. The highest BCUT2D eigenvalue weighted by atomic mass is 32.1. The van der Waals surface area contributed by atoms with Gasteiger partial charge in [-0.05, 0) is 76.4 Å². The first-order chi connectivity index (χ1) is 24.4. The van der Waals surface area contributed by atoms with E-state index in [4.69, 9.17) is 9.72 Å². The van der Waals surface area contributed by atoms with Crippen molar-refractivity contribution in [3.63, 3.8) is 0 Å². The molecule has 1 aliphatic heterocycles. The van der Waals surface area contributed by atoms with Gasteiger partial charge >= 0.3 is 5.97 Å². The quantitative estimate of drug-likeness (QED) is 0.178. The van der Waals surface area contributed by atoms with Crippen molar-refractivity contribution in [1.29, 1.82) is 0 Å². The molecule has 0 bridgehead atoms. The second-order valence-electron chi connectivity index (χ2n) is 14.9. The molecular weight excluding hydrogens is 667 g/mol. The van der Waals surface area contributed by atoms with Gasteiger partial charge in [-0.1, -0.05) is 70.4 Å². The number of carbonyl (C=O) groups is 4. The molecule has 12 heteroatoms. The monoisotopic (exact) mass is 725 g/mol. The van der Waals surface area contributed by atoms with E-state index in [1.807, 2.05) is 56.3 Å². The van der Waals surface area contributed by atoms with Crippen molar-refractivity contribution in [2.45, 2.75) is 122 Å². The van der Waals surface area contributed by atoms with Gasteiger partial charge in [-0.25, -0.2) is 4.98 Å². The summed E-state index contributed by atoms with van der Waals surface area (Å²) >= 11 is 1.34. The summed E-state index contributed by atoms with van der Waals surface area (Å²) in [4.78, 5) is 61.7. The van der Waals surface area contributed by atoms with E-state index in [9.17, 15) is 24.3 Å². The summed E-state index contributed by atoms with van der Waals surface area (Å²) in [5.41, 5.74) is 1.26. The SMILES string of the molecule is CCOC(CC(C(C)C)N(C)C(=O)C(NC(=O)[C@H]1CCCCN1C)C1CCCC1)c1nc(C(=O)NC(Cc2ccccc2)CC(C)C(=O)O)cs1. The minimum absolute atomic E-state index is 0.0545. The van der Waals surface area contributed by atoms with Crippen LogP contribution in [-0.4, -0.2) is 95.0 Å². The average molecular weight is 726 g/mol. The van der Waals surface area contributed by atoms with E-state index in [0.29, 0.717) is 24.5 Å². The van der Waals surface area contributed by atoms with Gasteiger partial charge in [-0.2, -0.15) is 0 Å². The lowest BCUT2D eigenvalue weighted by atomic mass is 9.92. The van der Waals surface area contributed by atoms with Crippen molar-refractivity contribution in [2.24, 2.45) is 17.8 Å². The van der Waals surface area contributed by atoms with Crippen LogP contribution in [0.1, 0.15) is 113 Å². The summed E-state index contributed by atoms with van der Waals surface area (Å²) in [6, 6.07) is 8.30. The molecule has 1 saturated heterocycles. The van der Waals surface area contributed by atoms with Crippen molar-refractivity contribution in [2.75, 3.05) is 27.2 Å². The molecule has 51 heavy (non-hydrogen) atoms. The third-order valence-corrected chi connectivity index (χ3v) is 11.6. The van der Waals surface area contributed by atoms with Gasteiger partial charge in [0.15, 0.2) is 0 Å². The number of hydrogen-bond acceptors (Lipinski definition) is 8. The van der Waals surface area contributed by atoms with Gasteiger partial charge in [0, 0.05) is 37.5 Å². The van der Waals surface area contributed by atoms with Gasteiger partial charge in [0.25, 0.3) is 5.91 Å². The van der Waals surface area contributed by atoms with Crippen molar-refractivity contribution in [3.05, 3.63) is 52.0 Å². The average Bonchev–Trinajstić information content (AvgIpc) is 3.82. The van der Waals surface area contributed by atoms with Crippen LogP contribution in [0.2, 0.25) is 0 Å². The first-order valence-electron chi connectivity index (χ1n) is 18.8. The minimum Gasteiger partial charge on any atom is -0.481 e. The number of amides is 3. The van der Waals surface area contributed by atoms with Gasteiger partial charge in [-0.3, -0.25) is 24.1 Å². The maximum atomic E-state index is 14.4. The molecular formula is C39H59N5O6S. The molecule has 0 radical (unpaired) electrons. The van der Waals surface area contributed by atoms with E-state index >= 15 is 0 Å². The lowest BCUT2D eigenvalue weighted by Gasteiger charge is -2.38. The van der Waals surface area contributed by atoms with Crippen LogP contribution in [-0.2, 0) is 25.5 Å². The van der Waals surface area contributed by atoms with Crippen molar-refractivity contribution in [1.82, 2.24) is 25.4 Å². The molecule has 2 aromatic rings. The molecule has 3 N–H and O–H groups in total. The number of aliphatic carboxylic acids is 1. The van der Waals surface area contributed by atoms with Crippen LogP contribution < -0.4 is 10.6 Å². The molecule has 2 fully saturated rings. The van der Waals surface area contributed by atoms with Gasteiger partial charge in [0.2, 0.25) is 11.8 Å². The molecule has 0 spiro atoms. The summed E-state index contributed by atoms with van der Waals surface area (Å²) < 4.78 is 6.22. The maximum Gasteiger partial charge on any atom is 0.306 e. The predicted octanol–water partition coefficient (Wildman–Crippen LogP) is 5.71. The van der Waals surface area contributed by atoms with Crippen molar-refractivity contribution < 1.29 is 29.0 Å². The number of piperidine rings is 1. The minimum atomic E-state index is -0.908. The zero-order chi connectivity index (χ0) is 37.1. The zero-order valence-electron chi connectivity index (χ0n) is 31.3. The molecule has 11 nitrogen and oxygen atoms in total. The number of carboxylic acids is 1. The lowest BCUT2D eigenvalue weighted by molar-refractivity contribution is -0.141. The van der Waals surface area contributed by atoms with E-state index in [1.165, 1.54) is 11.3 Å². The summed E-state index contributed by atoms with van der Waals surface area (Å²) in [7, 11) is 3.82. The molecule has 1 aromatic heterocycles. The van der Waals surface area contributed by atoms with Gasteiger partial charge < -0.3 is 25.4 Å². The third-order valence-electron chi connectivity index (χ3n) is 10.7. The van der Waals surface area contributed by atoms with Crippen LogP contribution in [0.15, 0.2) is 35.7 Å². The highest BCUT2D eigenvalue weighted by Crippen LogP contribution is 2.33. The number of nitrogens with one attached hydrogen (secondary N) is 2. The normalized spacial score (nSPS) is 19.9. The Morgan fingerprint density at radius 1 is 1.02 bits per heavy atom. The number of nitrogens with zero attached hydrogens (tertiary/aromatic N) is 3. The van der Waals surface area contributed by atoms with E-state index < -0.39 is 30.1 Å². The van der Waals surface area contributed by atoms with Crippen LogP contribution >= 0.6 is 11.3 Å². The third kappa shape index (κ3) is 11.3. The first-order valence-corrected chi connectivity index (χ1v) is 19.7. The van der Waals surface area contributed by atoms with Crippen LogP contribution in [0.25, 0.3) is 0 Å². The summed E-state index contributed by atoms with van der Waals surface area (Å²) in [5, 5.41) is 18.2. The Bertz CT molecular complexity index is 1430. The fraction of sp³-hybridized carbons (Fsp3) is 0.667. The summed E-state index contributed by atoms with van der Waals surface area (Å²) in [5.74, 6) is -1.83. The maximum absolute atomic E-state index is 14.4. The molecule has 6 atom stereocenters. The molecule has 282 valence electrons. The molecule has 1 aliphatic carbocycles. The number of carbonyl (C=O) groups excluding carboxylic acids is 3. The van der Waals surface area contributed by atoms with Crippen LogP contribution in [0.3, 0.4) is 0 Å². The molecule has 1 saturated carbocycles. The van der Waals surface area contributed by atoms with Crippen molar-refractivity contribution >= 4 is 35.0 Å². The molecule has 1 aromatic carbocycles. The first kappa shape index (κ1) is 40.4. The Balaban J connectivity index is 1.49. The second-order valence-corrected chi connectivity index (χ2v) is 15.8. The number of aromatic nitrogens is 1. The van der Waals surface area contributed by atoms with Gasteiger partial charge in [0.1, 0.15) is 22.8 Å². The number of thiazole rings is 1. The molecule has 5 unspecified atom stereocenters. The Hall–Kier alpha value is -3.35. The number of rotatable bonds is 18. The van der Waals surface area contributed by atoms with E-state index in [1.54, 1.807) is 12.3 Å². The molecule has 2 heterocycles. The number of likely N-dealkylation sites (N-methyl/N-ethyl adjacent to an activating group) is 2. The van der Waals surface area contributed by atoms with Crippen LogP contribution in [0, 0.1) is 17.8 Å². The topological polar surface area (TPSA) is 141 Å². The molecule has 3 amide bonds. The second kappa shape index (κ2) is 19.5. The van der Waals surface area contributed by atoms with Crippen molar-refractivity contribution in [3.8, 4) is 0 Å². The van der Waals surface area contributed by atoms with E-state index in [-0.39, 0.29) is 53.8 Å². The predicted molar refractivity (Wildman–Crippen MR) is 199 cm³/mol. The zero-order valence-corrected chi connectivity index (χ0v) is 32.1. The number of likely N-dealkylation sites (tertiary alicyclic amines) is 1. The summed E-state index contributed by atoms with van der Waals surface area (Å²) in [6.45, 7) is 9.04. The standard InChI is InChI=1S/C39H59N5O6S/c1-7-50-33(37-41-30(24-51-37)35(45)40-29(21-26(4)39(48)49)22-27-15-9-8-10-16-27)23-32(25(2)3)44(6)38(47)34(28-17-11-12-18-28)42-36(46)31-19-13-14-20-43(31)5/h8-10,15-16,24-26,28-29,31-34H,7,11-14,17-23H2,1-6H3,(H,40,45)(H,42,46)(H,48,49)/t26?,29?,31-,32?,33?,34?/m1/s1. The number of hydrogen-bond donors (Lipinski definition) is 3. The van der Waals surface area contributed by atoms with Gasteiger partial charge in [0.05, 0.1) is 12.0 Å². The smallest absolute Gasteiger partial charge is 0.306 e. The lowest BCUT2D eigenvalue weighted by Crippen LogP contribution is -2.58. The number of ether oxygens (including phenoxy) is 1. The fourth-order valence-electron chi connectivity index (χ4n) is 7.67. The Kier molecular flexibility index (Phi) is 15.4. The van der Waals surface area contributed by atoms with Gasteiger partial charge in [-0.15, -0.1) is 11.3 Å². The Morgan fingerprint density at radius 3 is 2.33 bits per heavy atom. The van der Waals surface area contributed by atoms with E-state index in [0.717, 1.165) is 57.1 Å². The summed E-state index contributed by atoms with van der Waals surface area (Å²) in [6.07, 6.45) is 7.66. The molecule has 2 aliphatic rings. The number of benzene rings is 1. The molecule has 4 rings (SSSR count). The highest BCUT2D eigenvalue weighted by Gasteiger charge is 2.39. The Labute approximate surface area is 307 Å².